The summed E-state index contributed by atoms with van der Waals surface area (Å²) in [4.78, 5) is 0. The number of fused-ring (bicyclic) bond motifs is 6. The average Bonchev–Trinajstić information content (AvgIpc) is 3.75. The number of aromatic nitrogens is 2. The third-order valence-corrected chi connectivity index (χ3v) is 12.0. The summed E-state index contributed by atoms with van der Waals surface area (Å²) >= 11 is 0. The van der Waals surface area contributed by atoms with Gasteiger partial charge in [-0.2, -0.15) is 18.4 Å². The molecule has 0 spiro atoms. The van der Waals surface area contributed by atoms with Crippen LogP contribution in [0.25, 0.3) is 88.4 Å². The Morgan fingerprint density at radius 2 is 0.933 bits per heavy atom. The summed E-state index contributed by atoms with van der Waals surface area (Å²) in [6.07, 6.45) is -4.60. The summed E-state index contributed by atoms with van der Waals surface area (Å²) in [6, 6.07) is 53.3. The van der Waals surface area contributed by atoms with Crippen LogP contribution in [0.4, 0.5) is 13.2 Å². The Balaban J connectivity index is 1.26. The normalized spacial score (nSPS) is 11.9. The van der Waals surface area contributed by atoms with Crippen LogP contribution in [0.3, 0.4) is 0 Å². The van der Waals surface area contributed by atoms with Crippen LogP contribution in [0.2, 0.25) is 0 Å². The quantitative estimate of drug-likeness (QED) is 0.171. The van der Waals surface area contributed by atoms with Crippen LogP contribution in [0.15, 0.2) is 158 Å². The zero-order valence-electron chi connectivity index (χ0n) is 33.5. The number of hydrogen-bond acceptors (Lipinski definition) is 1. The van der Waals surface area contributed by atoms with Crippen molar-refractivity contribution in [3.8, 4) is 50.8 Å². The zero-order valence-corrected chi connectivity index (χ0v) is 33.5. The van der Waals surface area contributed by atoms with E-state index in [0.717, 1.165) is 65.9 Å². The molecular formula is C54H38F3N3. The topological polar surface area (TPSA) is 33.6 Å². The number of rotatable bonds is 5. The monoisotopic (exact) mass is 785 g/mol. The first kappa shape index (κ1) is 36.9. The lowest BCUT2D eigenvalue weighted by Crippen LogP contribution is -2.08. The van der Waals surface area contributed by atoms with Gasteiger partial charge < -0.3 is 9.13 Å². The second-order valence-electron chi connectivity index (χ2n) is 15.9. The smallest absolute Gasteiger partial charge is 0.309 e. The number of benzene rings is 8. The highest BCUT2D eigenvalue weighted by molar-refractivity contribution is 6.13. The zero-order chi connectivity index (χ0) is 41.4. The van der Waals surface area contributed by atoms with E-state index in [4.69, 9.17) is 0 Å². The molecule has 0 saturated carbocycles. The number of halogens is 3. The molecule has 0 amide bonds. The van der Waals surface area contributed by atoms with E-state index in [1.54, 1.807) is 24.3 Å². The predicted molar refractivity (Wildman–Crippen MR) is 240 cm³/mol. The minimum absolute atomic E-state index is 0.392. The molecule has 0 aliphatic carbocycles. The van der Waals surface area contributed by atoms with Crippen molar-refractivity contribution in [2.24, 2.45) is 0 Å². The van der Waals surface area contributed by atoms with Crippen molar-refractivity contribution in [1.82, 2.24) is 9.13 Å². The van der Waals surface area contributed by atoms with E-state index in [1.165, 1.54) is 34.4 Å². The van der Waals surface area contributed by atoms with Crippen LogP contribution in [-0.4, -0.2) is 9.13 Å². The summed E-state index contributed by atoms with van der Waals surface area (Å²) in [5.41, 5.74) is 14.4. The van der Waals surface area contributed by atoms with Gasteiger partial charge in [-0.1, -0.05) is 102 Å². The lowest BCUT2D eigenvalue weighted by Gasteiger charge is -2.20. The summed E-state index contributed by atoms with van der Waals surface area (Å²) in [5, 5.41) is 14.3. The first-order chi connectivity index (χ1) is 29.0. The van der Waals surface area contributed by atoms with Crippen LogP contribution in [0.5, 0.6) is 0 Å². The molecule has 290 valence electrons. The highest BCUT2D eigenvalue weighted by atomic mass is 19.4. The van der Waals surface area contributed by atoms with Crippen molar-refractivity contribution < 1.29 is 13.2 Å². The van der Waals surface area contributed by atoms with Crippen molar-refractivity contribution in [3.05, 3.63) is 191 Å². The Morgan fingerprint density at radius 3 is 1.45 bits per heavy atom. The molecule has 2 aromatic heterocycles. The maximum absolute atomic E-state index is 14.8. The molecule has 0 fully saturated rings. The molecule has 0 aliphatic rings. The second kappa shape index (κ2) is 13.9. The van der Waals surface area contributed by atoms with Crippen LogP contribution in [0, 0.1) is 39.0 Å². The standard InChI is InChI=1S/C54H38F3N3/c1-32-13-19-40(34(3)25-32)37-16-22-50-45(28-37)42-9-5-7-11-48(42)59(50)52-24-18-39(54(55,56)57)30-47(52)44-21-15-36(31-58)27-53(44)60-49-12-8-6-10-43(49)46-29-38(17-23-51(46)60)41-20-14-33(2)26-35(41)4/h5-30H,1-4H3. The van der Waals surface area contributed by atoms with Crippen LogP contribution in [-0.2, 0) is 6.18 Å². The summed E-state index contributed by atoms with van der Waals surface area (Å²) in [7, 11) is 0. The third-order valence-electron chi connectivity index (χ3n) is 12.0. The van der Waals surface area contributed by atoms with Gasteiger partial charge in [0.2, 0.25) is 0 Å². The van der Waals surface area contributed by atoms with E-state index in [0.29, 0.717) is 28.1 Å². The Bertz CT molecular complexity index is 3430. The number of hydrogen-bond donors (Lipinski definition) is 0. The highest BCUT2D eigenvalue weighted by Crippen LogP contribution is 2.44. The molecule has 60 heavy (non-hydrogen) atoms. The number of alkyl halides is 3. The maximum Gasteiger partial charge on any atom is 0.416 e. The van der Waals surface area contributed by atoms with Gasteiger partial charge in [0.25, 0.3) is 0 Å². The molecule has 10 aromatic rings. The Morgan fingerprint density at radius 1 is 0.433 bits per heavy atom. The first-order valence-electron chi connectivity index (χ1n) is 20.0. The molecule has 0 unspecified atom stereocenters. The van der Waals surface area contributed by atoms with E-state index in [1.807, 2.05) is 36.4 Å². The van der Waals surface area contributed by atoms with E-state index in [2.05, 4.69) is 128 Å². The van der Waals surface area contributed by atoms with Gasteiger partial charge in [0.15, 0.2) is 0 Å². The Hall–Kier alpha value is -7.36. The molecule has 3 nitrogen and oxygen atoms in total. The van der Waals surface area contributed by atoms with Crippen molar-refractivity contribution in [2.45, 2.75) is 33.9 Å². The van der Waals surface area contributed by atoms with Crippen LogP contribution < -0.4 is 0 Å². The van der Waals surface area contributed by atoms with Gasteiger partial charge >= 0.3 is 6.18 Å². The average molecular weight is 786 g/mol. The largest absolute Gasteiger partial charge is 0.416 e. The van der Waals surface area contributed by atoms with Crippen molar-refractivity contribution in [1.29, 1.82) is 5.26 Å². The van der Waals surface area contributed by atoms with Gasteiger partial charge in [-0.05, 0) is 128 Å². The molecule has 2 heterocycles. The minimum Gasteiger partial charge on any atom is -0.309 e. The van der Waals surface area contributed by atoms with Gasteiger partial charge in [-0.15, -0.1) is 0 Å². The van der Waals surface area contributed by atoms with Crippen LogP contribution in [0.1, 0.15) is 33.4 Å². The molecule has 0 aliphatic heterocycles. The van der Waals surface area contributed by atoms with Gasteiger partial charge in [0, 0.05) is 32.7 Å². The minimum atomic E-state index is -4.60. The van der Waals surface area contributed by atoms with Gasteiger partial charge in [0.1, 0.15) is 0 Å². The fourth-order valence-electron chi connectivity index (χ4n) is 9.21. The summed E-state index contributed by atoms with van der Waals surface area (Å²) < 4.78 is 48.6. The molecule has 10 rings (SSSR count). The van der Waals surface area contributed by atoms with Crippen molar-refractivity contribution in [2.75, 3.05) is 0 Å². The molecule has 6 heteroatoms. The number of para-hydroxylation sites is 2. The Labute approximate surface area is 345 Å². The predicted octanol–water partition coefficient (Wildman–Crippen LogP) is 15.0. The molecule has 0 atom stereocenters. The lowest BCUT2D eigenvalue weighted by atomic mass is 9.96. The van der Waals surface area contributed by atoms with Gasteiger partial charge in [0.05, 0.1) is 50.6 Å². The third kappa shape index (κ3) is 5.96. The Kier molecular flexibility index (Phi) is 8.55. The molecule has 0 bridgehead atoms. The van der Waals surface area contributed by atoms with Crippen molar-refractivity contribution in [3.63, 3.8) is 0 Å². The number of nitrogens with zero attached hydrogens (tertiary/aromatic N) is 3. The maximum atomic E-state index is 14.8. The summed E-state index contributed by atoms with van der Waals surface area (Å²) in [5.74, 6) is 0. The van der Waals surface area contributed by atoms with E-state index in [-0.39, 0.29) is 0 Å². The van der Waals surface area contributed by atoms with E-state index < -0.39 is 11.7 Å². The van der Waals surface area contributed by atoms with Crippen LogP contribution >= 0.6 is 0 Å². The van der Waals surface area contributed by atoms with E-state index >= 15 is 0 Å². The summed E-state index contributed by atoms with van der Waals surface area (Å²) in [6.45, 7) is 8.39. The SMILES string of the molecule is Cc1ccc(-c2ccc3c(c2)c2ccccc2n3-c2ccc(C(F)(F)F)cc2-c2ccc(C#N)cc2-n2c3ccccc3c3cc(-c4ccc(C)cc4C)ccc32)c(C)c1. The molecule has 0 radical (unpaired) electrons. The van der Waals surface area contributed by atoms with Gasteiger partial charge in [-0.3, -0.25) is 0 Å². The fraction of sp³-hybridized carbons (Fsp3) is 0.0926. The molecule has 0 N–H and O–H groups in total. The molecule has 0 saturated heterocycles. The highest BCUT2D eigenvalue weighted by Gasteiger charge is 2.32. The first-order valence-corrected chi connectivity index (χ1v) is 20.0. The molecule has 8 aromatic carbocycles. The number of aryl methyl sites for hydroxylation is 4. The van der Waals surface area contributed by atoms with Gasteiger partial charge in [-0.25, -0.2) is 0 Å². The second-order valence-corrected chi connectivity index (χ2v) is 15.9. The van der Waals surface area contributed by atoms with E-state index in [9.17, 15) is 18.4 Å². The lowest BCUT2D eigenvalue weighted by molar-refractivity contribution is -0.137. The van der Waals surface area contributed by atoms with Crippen molar-refractivity contribution >= 4 is 43.6 Å². The number of nitriles is 1. The fourth-order valence-corrected chi connectivity index (χ4v) is 9.21. The molecular weight excluding hydrogens is 748 g/mol.